The Labute approximate surface area is 105 Å². The molecule has 0 amide bonds. The fraction of sp³-hybridized carbons (Fsp3) is 0.300. The van der Waals surface area contributed by atoms with Crippen molar-refractivity contribution in [1.29, 1.82) is 0 Å². The van der Waals surface area contributed by atoms with E-state index in [4.69, 9.17) is 9.47 Å². The highest BCUT2D eigenvalue weighted by Gasteiger charge is 2.24. The Morgan fingerprint density at radius 2 is 2.24 bits per heavy atom. The molecule has 1 saturated heterocycles. The van der Waals surface area contributed by atoms with E-state index in [1.165, 1.54) is 18.2 Å². The maximum absolute atomic E-state index is 11.6. The van der Waals surface area contributed by atoms with Gasteiger partial charge in [0.05, 0.1) is 28.2 Å². The zero-order valence-electron chi connectivity index (χ0n) is 8.59. The van der Waals surface area contributed by atoms with E-state index in [1.54, 1.807) is 0 Å². The van der Waals surface area contributed by atoms with E-state index < -0.39 is 10.9 Å². The minimum absolute atomic E-state index is 0.159. The molecule has 90 valence electrons. The second-order valence-corrected chi connectivity index (χ2v) is 4.34. The van der Waals surface area contributed by atoms with Gasteiger partial charge in [0.1, 0.15) is 6.10 Å². The first-order chi connectivity index (χ1) is 8.08. The van der Waals surface area contributed by atoms with Crippen molar-refractivity contribution in [2.24, 2.45) is 0 Å². The van der Waals surface area contributed by atoms with Gasteiger partial charge in [0.25, 0.3) is 5.69 Å². The maximum atomic E-state index is 11.6. The van der Waals surface area contributed by atoms with Gasteiger partial charge in [0.2, 0.25) is 0 Å². The first-order valence-electron chi connectivity index (χ1n) is 4.80. The molecule has 0 aromatic heterocycles. The average Bonchev–Trinajstić information content (AvgIpc) is 2.23. The van der Waals surface area contributed by atoms with E-state index in [1.807, 2.05) is 0 Å². The average molecular weight is 302 g/mol. The van der Waals surface area contributed by atoms with Crippen LogP contribution in [-0.2, 0) is 9.47 Å². The van der Waals surface area contributed by atoms with Crippen LogP contribution in [0, 0.1) is 10.1 Å². The molecule has 0 aliphatic carbocycles. The van der Waals surface area contributed by atoms with E-state index in [9.17, 15) is 14.9 Å². The number of hydrogen-bond donors (Lipinski definition) is 0. The Bertz CT molecular complexity index is 472. The van der Waals surface area contributed by atoms with Crippen LogP contribution in [0.5, 0.6) is 0 Å². The lowest BCUT2D eigenvalue weighted by molar-refractivity contribution is -0.385. The van der Waals surface area contributed by atoms with Crippen molar-refractivity contribution in [3.63, 3.8) is 0 Å². The van der Waals surface area contributed by atoms with Gasteiger partial charge >= 0.3 is 5.97 Å². The molecule has 1 aliphatic heterocycles. The van der Waals surface area contributed by atoms with Gasteiger partial charge in [-0.15, -0.1) is 0 Å². The molecule has 0 saturated carbocycles. The standard InChI is InChI=1S/C10H8BrNO5/c11-8-2-1-6(3-9(8)12(14)15)10(13)17-7-4-16-5-7/h1-3,7H,4-5H2. The van der Waals surface area contributed by atoms with Crippen molar-refractivity contribution in [2.75, 3.05) is 13.2 Å². The predicted molar refractivity (Wildman–Crippen MR) is 60.8 cm³/mol. The highest BCUT2D eigenvalue weighted by atomic mass is 79.9. The van der Waals surface area contributed by atoms with Crippen molar-refractivity contribution < 1.29 is 19.2 Å². The molecule has 17 heavy (non-hydrogen) atoms. The molecule has 1 fully saturated rings. The smallest absolute Gasteiger partial charge is 0.338 e. The van der Waals surface area contributed by atoms with Gasteiger partial charge < -0.3 is 9.47 Å². The normalized spacial score (nSPS) is 15.1. The topological polar surface area (TPSA) is 78.7 Å². The molecule has 7 heteroatoms. The summed E-state index contributed by atoms with van der Waals surface area (Å²) in [5.74, 6) is -0.575. The zero-order chi connectivity index (χ0) is 12.4. The van der Waals surface area contributed by atoms with Gasteiger partial charge in [-0.2, -0.15) is 0 Å². The molecule has 0 N–H and O–H groups in total. The molecule has 1 aromatic rings. The molecule has 1 heterocycles. The number of rotatable bonds is 3. The van der Waals surface area contributed by atoms with Gasteiger partial charge in [-0.25, -0.2) is 4.79 Å². The maximum Gasteiger partial charge on any atom is 0.338 e. The molecule has 0 bridgehead atoms. The number of esters is 1. The summed E-state index contributed by atoms with van der Waals surface area (Å²) in [5.41, 5.74) is -0.00360. The summed E-state index contributed by atoms with van der Waals surface area (Å²) in [6, 6.07) is 4.11. The fourth-order valence-corrected chi connectivity index (χ4v) is 1.67. The number of benzene rings is 1. The third-order valence-corrected chi connectivity index (χ3v) is 2.93. The monoisotopic (exact) mass is 301 g/mol. The summed E-state index contributed by atoms with van der Waals surface area (Å²) >= 11 is 3.04. The number of nitrogens with zero attached hydrogens (tertiary/aromatic N) is 1. The fourth-order valence-electron chi connectivity index (χ4n) is 1.28. The summed E-state index contributed by atoms with van der Waals surface area (Å²) < 4.78 is 10.2. The van der Waals surface area contributed by atoms with E-state index in [-0.39, 0.29) is 17.4 Å². The van der Waals surface area contributed by atoms with Gasteiger partial charge in [0.15, 0.2) is 0 Å². The largest absolute Gasteiger partial charge is 0.454 e. The second kappa shape index (κ2) is 4.80. The van der Waals surface area contributed by atoms with Crippen molar-refractivity contribution in [1.82, 2.24) is 0 Å². The van der Waals surface area contributed by atoms with Crippen LogP contribution < -0.4 is 0 Å². The SMILES string of the molecule is O=C(OC1COC1)c1ccc(Br)c([N+](=O)[O-])c1. The number of halogens is 1. The van der Waals surface area contributed by atoms with Crippen LogP contribution in [0.3, 0.4) is 0 Å². The van der Waals surface area contributed by atoms with Crippen LogP contribution in [0.4, 0.5) is 5.69 Å². The lowest BCUT2D eigenvalue weighted by atomic mass is 10.2. The number of nitro benzene ring substituents is 1. The number of hydrogen-bond acceptors (Lipinski definition) is 5. The quantitative estimate of drug-likeness (QED) is 0.484. The first kappa shape index (κ1) is 12.0. The van der Waals surface area contributed by atoms with E-state index in [0.717, 1.165) is 0 Å². The van der Waals surface area contributed by atoms with Crippen molar-refractivity contribution in [3.05, 3.63) is 38.3 Å². The molecule has 0 unspecified atom stereocenters. The molecule has 0 radical (unpaired) electrons. The van der Waals surface area contributed by atoms with E-state index in [2.05, 4.69) is 15.9 Å². The van der Waals surface area contributed by atoms with Crippen molar-refractivity contribution in [2.45, 2.75) is 6.10 Å². The van der Waals surface area contributed by atoms with Gasteiger partial charge in [-0.05, 0) is 28.1 Å². The number of nitro groups is 1. The minimum atomic E-state index is -0.575. The molecular weight excluding hydrogens is 294 g/mol. The molecule has 1 aromatic carbocycles. The number of carbonyl (C=O) groups excluding carboxylic acids is 1. The minimum Gasteiger partial charge on any atom is -0.454 e. The summed E-state index contributed by atoms with van der Waals surface area (Å²) in [5, 5.41) is 10.7. The Kier molecular flexibility index (Phi) is 3.39. The van der Waals surface area contributed by atoms with Crippen molar-refractivity contribution in [3.8, 4) is 0 Å². The van der Waals surface area contributed by atoms with Crippen LogP contribution in [0.15, 0.2) is 22.7 Å². The third-order valence-electron chi connectivity index (χ3n) is 2.26. The van der Waals surface area contributed by atoms with E-state index in [0.29, 0.717) is 17.7 Å². The molecule has 1 aliphatic rings. The summed E-state index contributed by atoms with van der Waals surface area (Å²) in [4.78, 5) is 21.7. The summed E-state index contributed by atoms with van der Waals surface area (Å²) in [6.07, 6.45) is -0.245. The second-order valence-electron chi connectivity index (χ2n) is 3.49. The summed E-state index contributed by atoms with van der Waals surface area (Å²) in [6.45, 7) is 0.759. The number of carbonyl (C=O) groups is 1. The lowest BCUT2D eigenvalue weighted by Crippen LogP contribution is -2.37. The first-order valence-corrected chi connectivity index (χ1v) is 5.60. The van der Waals surface area contributed by atoms with Crippen LogP contribution in [0.25, 0.3) is 0 Å². The lowest BCUT2D eigenvalue weighted by Gasteiger charge is -2.25. The van der Waals surface area contributed by atoms with Gasteiger partial charge in [0, 0.05) is 6.07 Å². The van der Waals surface area contributed by atoms with Crippen LogP contribution >= 0.6 is 15.9 Å². The molecule has 0 spiro atoms. The van der Waals surface area contributed by atoms with Crippen LogP contribution in [0.1, 0.15) is 10.4 Å². The third kappa shape index (κ3) is 2.62. The highest BCUT2D eigenvalue weighted by molar-refractivity contribution is 9.10. The molecule has 6 nitrogen and oxygen atoms in total. The zero-order valence-corrected chi connectivity index (χ0v) is 10.2. The molecular formula is C10H8BrNO5. The van der Waals surface area contributed by atoms with E-state index >= 15 is 0 Å². The number of ether oxygens (including phenoxy) is 2. The molecule has 2 rings (SSSR count). The molecule has 0 atom stereocenters. The Morgan fingerprint density at radius 3 is 2.76 bits per heavy atom. The Hall–Kier alpha value is -1.47. The highest BCUT2D eigenvalue weighted by Crippen LogP contribution is 2.26. The summed E-state index contributed by atoms with van der Waals surface area (Å²) in [7, 11) is 0. The van der Waals surface area contributed by atoms with Gasteiger partial charge in [-0.3, -0.25) is 10.1 Å². The van der Waals surface area contributed by atoms with Gasteiger partial charge in [-0.1, -0.05) is 0 Å². The predicted octanol–water partition coefficient (Wildman–Crippen LogP) is 1.91. The van der Waals surface area contributed by atoms with Crippen LogP contribution in [-0.4, -0.2) is 30.2 Å². The van der Waals surface area contributed by atoms with Crippen LogP contribution in [0.2, 0.25) is 0 Å². The Balaban J connectivity index is 2.17. The van der Waals surface area contributed by atoms with Crippen molar-refractivity contribution >= 4 is 27.6 Å². The Morgan fingerprint density at radius 1 is 1.53 bits per heavy atom.